The lowest BCUT2D eigenvalue weighted by Gasteiger charge is -2.34. The summed E-state index contributed by atoms with van der Waals surface area (Å²) in [5.74, 6) is 1.80. The predicted octanol–water partition coefficient (Wildman–Crippen LogP) is 3.72. The summed E-state index contributed by atoms with van der Waals surface area (Å²) in [6, 6.07) is 17.6. The Balaban J connectivity index is 1.13. The van der Waals surface area contributed by atoms with Gasteiger partial charge in [0.25, 0.3) is 0 Å². The van der Waals surface area contributed by atoms with Gasteiger partial charge in [-0.15, -0.1) is 0 Å². The van der Waals surface area contributed by atoms with Crippen molar-refractivity contribution >= 4 is 11.5 Å². The normalized spacial score (nSPS) is 24.1. The molecule has 2 saturated carbocycles. The van der Waals surface area contributed by atoms with E-state index in [0.717, 1.165) is 43.2 Å². The van der Waals surface area contributed by atoms with Crippen molar-refractivity contribution < 1.29 is 4.79 Å². The largest absolute Gasteiger partial charge is 0.369 e. The molecule has 4 heteroatoms. The van der Waals surface area contributed by atoms with Gasteiger partial charge in [0.1, 0.15) is 0 Å². The molecule has 3 aliphatic rings. The van der Waals surface area contributed by atoms with Crippen molar-refractivity contribution in [2.45, 2.75) is 37.6 Å². The minimum absolute atomic E-state index is 0.197. The molecule has 4 nitrogen and oxygen atoms in total. The SMILES string of the molecule is CN1CCN(c2ccc(C(=O)Cc3ccc(C4CC4NCC4CC4)cc3)cc2)CC1. The first-order valence-electron chi connectivity index (χ1n) is 11.5. The van der Waals surface area contributed by atoms with E-state index in [0.29, 0.717) is 18.4 Å². The molecule has 2 aromatic rings. The van der Waals surface area contributed by atoms with Crippen LogP contribution in [0.1, 0.15) is 46.7 Å². The molecule has 1 heterocycles. The number of piperazine rings is 1. The number of hydrogen-bond donors (Lipinski definition) is 1. The number of nitrogens with one attached hydrogen (secondary N) is 1. The Morgan fingerprint density at radius 2 is 1.67 bits per heavy atom. The second-order valence-electron chi connectivity index (χ2n) is 9.48. The minimum atomic E-state index is 0.197. The van der Waals surface area contributed by atoms with E-state index >= 15 is 0 Å². The lowest BCUT2D eigenvalue weighted by Crippen LogP contribution is -2.44. The molecule has 1 N–H and O–H groups in total. The first kappa shape index (κ1) is 19.8. The number of carbonyl (C=O) groups is 1. The molecule has 1 aliphatic heterocycles. The van der Waals surface area contributed by atoms with Gasteiger partial charge in [0, 0.05) is 55.8 Å². The fraction of sp³-hybridized carbons (Fsp3) is 0.500. The third-order valence-electron chi connectivity index (χ3n) is 6.99. The highest BCUT2D eigenvalue weighted by Crippen LogP contribution is 2.41. The smallest absolute Gasteiger partial charge is 0.167 e. The van der Waals surface area contributed by atoms with E-state index < -0.39 is 0 Å². The number of hydrogen-bond acceptors (Lipinski definition) is 4. The summed E-state index contributed by atoms with van der Waals surface area (Å²) in [7, 11) is 2.17. The highest BCUT2D eigenvalue weighted by atomic mass is 16.1. The third-order valence-corrected chi connectivity index (χ3v) is 6.99. The van der Waals surface area contributed by atoms with Crippen LogP contribution in [0, 0.1) is 5.92 Å². The van der Waals surface area contributed by atoms with Crippen molar-refractivity contribution in [1.29, 1.82) is 0 Å². The standard InChI is InChI=1S/C26H33N3O/c1-28-12-14-29(15-13-28)23-10-8-22(9-11-23)26(30)16-19-4-6-21(7-5-19)24-17-25(24)27-18-20-2-3-20/h4-11,20,24-25,27H,2-3,12-18H2,1H3. The number of likely N-dealkylation sites (N-methyl/N-ethyl adjacent to an activating group) is 1. The molecule has 0 radical (unpaired) electrons. The quantitative estimate of drug-likeness (QED) is 0.682. The van der Waals surface area contributed by atoms with E-state index in [-0.39, 0.29) is 5.78 Å². The Hall–Kier alpha value is -2.17. The molecule has 2 unspecified atom stereocenters. The van der Waals surface area contributed by atoms with Crippen molar-refractivity contribution in [3.05, 3.63) is 65.2 Å². The zero-order chi connectivity index (χ0) is 20.5. The summed E-state index contributed by atoms with van der Waals surface area (Å²) < 4.78 is 0. The molecule has 0 aromatic heterocycles. The van der Waals surface area contributed by atoms with Crippen molar-refractivity contribution in [2.75, 3.05) is 44.7 Å². The molecule has 0 bridgehead atoms. The Morgan fingerprint density at radius 1 is 0.967 bits per heavy atom. The van der Waals surface area contributed by atoms with Crippen LogP contribution in [0.5, 0.6) is 0 Å². The molecule has 0 spiro atoms. The van der Waals surface area contributed by atoms with Crippen LogP contribution in [-0.4, -0.2) is 56.5 Å². The van der Waals surface area contributed by atoms with Crippen LogP contribution in [0.3, 0.4) is 0 Å². The zero-order valence-corrected chi connectivity index (χ0v) is 18.0. The van der Waals surface area contributed by atoms with E-state index in [4.69, 9.17) is 0 Å². The fourth-order valence-corrected chi connectivity index (χ4v) is 4.52. The number of anilines is 1. The molecule has 1 saturated heterocycles. The minimum Gasteiger partial charge on any atom is -0.369 e. The maximum Gasteiger partial charge on any atom is 0.167 e. The second kappa shape index (κ2) is 8.52. The molecular weight excluding hydrogens is 370 g/mol. The van der Waals surface area contributed by atoms with Gasteiger partial charge in [0.15, 0.2) is 5.78 Å². The average molecular weight is 404 g/mol. The van der Waals surface area contributed by atoms with Gasteiger partial charge in [-0.3, -0.25) is 4.79 Å². The van der Waals surface area contributed by atoms with E-state index in [1.165, 1.54) is 37.1 Å². The first-order valence-corrected chi connectivity index (χ1v) is 11.5. The van der Waals surface area contributed by atoms with Crippen LogP contribution in [-0.2, 0) is 6.42 Å². The van der Waals surface area contributed by atoms with Gasteiger partial charge < -0.3 is 15.1 Å². The van der Waals surface area contributed by atoms with Gasteiger partial charge in [-0.1, -0.05) is 24.3 Å². The van der Waals surface area contributed by atoms with Gasteiger partial charge in [-0.2, -0.15) is 0 Å². The molecule has 0 amide bonds. The van der Waals surface area contributed by atoms with Crippen LogP contribution in [0.4, 0.5) is 5.69 Å². The van der Waals surface area contributed by atoms with Crippen LogP contribution in [0.2, 0.25) is 0 Å². The number of carbonyl (C=O) groups excluding carboxylic acids is 1. The molecular formula is C26H33N3O. The van der Waals surface area contributed by atoms with Gasteiger partial charge in [-0.25, -0.2) is 0 Å². The monoisotopic (exact) mass is 403 g/mol. The lowest BCUT2D eigenvalue weighted by atomic mass is 10.0. The second-order valence-corrected chi connectivity index (χ2v) is 9.48. The maximum atomic E-state index is 12.8. The van der Waals surface area contributed by atoms with Gasteiger partial charge in [0.2, 0.25) is 0 Å². The van der Waals surface area contributed by atoms with Gasteiger partial charge in [-0.05, 0) is 74.2 Å². The van der Waals surface area contributed by atoms with Crippen LogP contribution < -0.4 is 10.2 Å². The summed E-state index contributed by atoms with van der Waals surface area (Å²) in [5.41, 5.74) is 4.55. The number of benzene rings is 2. The summed E-state index contributed by atoms with van der Waals surface area (Å²) in [4.78, 5) is 17.5. The maximum absolute atomic E-state index is 12.8. The number of nitrogens with zero attached hydrogens (tertiary/aromatic N) is 2. The summed E-state index contributed by atoms with van der Waals surface area (Å²) >= 11 is 0. The van der Waals surface area contributed by atoms with Gasteiger partial charge >= 0.3 is 0 Å². The molecule has 2 aliphatic carbocycles. The number of ketones is 1. The van der Waals surface area contributed by atoms with E-state index in [1.54, 1.807) is 0 Å². The molecule has 30 heavy (non-hydrogen) atoms. The fourth-order valence-electron chi connectivity index (χ4n) is 4.52. The van der Waals surface area contributed by atoms with Crippen LogP contribution in [0.25, 0.3) is 0 Å². The summed E-state index contributed by atoms with van der Waals surface area (Å²) in [5, 5.41) is 3.71. The van der Waals surface area contributed by atoms with Crippen LogP contribution >= 0.6 is 0 Å². The molecule has 158 valence electrons. The summed E-state index contributed by atoms with van der Waals surface area (Å²) in [6.45, 7) is 5.48. The molecule has 5 rings (SSSR count). The molecule has 2 aromatic carbocycles. The van der Waals surface area contributed by atoms with Crippen molar-refractivity contribution in [3.8, 4) is 0 Å². The Morgan fingerprint density at radius 3 is 2.33 bits per heavy atom. The number of Topliss-reactive ketones (excluding diaryl/α,β-unsaturated/α-hetero) is 1. The van der Waals surface area contributed by atoms with Crippen molar-refractivity contribution in [2.24, 2.45) is 5.92 Å². The Kier molecular flexibility index (Phi) is 5.62. The Labute approximate surface area is 180 Å². The highest BCUT2D eigenvalue weighted by Gasteiger charge is 2.38. The third kappa shape index (κ3) is 4.76. The molecule has 3 fully saturated rings. The van der Waals surface area contributed by atoms with E-state index in [1.807, 2.05) is 12.1 Å². The van der Waals surface area contributed by atoms with Crippen molar-refractivity contribution in [1.82, 2.24) is 10.2 Å². The Bertz CT molecular complexity index is 864. The van der Waals surface area contributed by atoms with Crippen LogP contribution in [0.15, 0.2) is 48.5 Å². The average Bonchev–Trinajstić information content (AvgIpc) is 3.69. The zero-order valence-electron chi connectivity index (χ0n) is 18.0. The van der Waals surface area contributed by atoms with E-state index in [2.05, 4.69) is 58.6 Å². The highest BCUT2D eigenvalue weighted by molar-refractivity contribution is 5.97. The molecule has 2 atom stereocenters. The summed E-state index contributed by atoms with van der Waals surface area (Å²) in [6.07, 6.45) is 4.55. The van der Waals surface area contributed by atoms with E-state index in [9.17, 15) is 4.79 Å². The topological polar surface area (TPSA) is 35.6 Å². The lowest BCUT2D eigenvalue weighted by molar-refractivity contribution is 0.0993. The number of rotatable bonds is 8. The van der Waals surface area contributed by atoms with Gasteiger partial charge in [0.05, 0.1) is 0 Å². The predicted molar refractivity (Wildman–Crippen MR) is 123 cm³/mol. The first-order chi connectivity index (χ1) is 14.7. The van der Waals surface area contributed by atoms with Crippen molar-refractivity contribution in [3.63, 3.8) is 0 Å².